The molecule has 4 N–H and O–H groups in total. The Morgan fingerprint density at radius 1 is 1.48 bits per heavy atom. The van der Waals surface area contributed by atoms with Crippen molar-refractivity contribution in [1.29, 1.82) is 0 Å². The number of imidazole rings is 1. The third-order valence-corrected chi connectivity index (χ3v) is 4.21. The summed E-state index contributed by atoms with van der Waals surface area (Å²) in [6.07, 6.45) is 2.98. The zero-order valence-corrected chi connectivity index (χ0v) is 12.8. The molecule has 1 aromatic carbocycles. The van der Waals surface area contributed by atoms with E-state index in [0.29, 0.717) is 5.69 Å². The molecular weight excluding hydrogens is 321 g/mol. The summed E-state index contributed by atoms with van der Waals surface area (Å²) in [6.45, 7) is 0. The summed E-state index contributed by atoms with van der Waals surface area (Å²) in [6, 6.07) is 6.52. The predicted octanol–water partition coefficient (Wildman–Crippen LogP) is 0.685. The zero-order valence-electron chi connectivity index (χ0n) is 11.9. The van der Waals surface area contributed by atoms with Crippen LogP contribution in [0.15, 0.2) is 42.9 Å². The first-order valence-corrected chi connectivity index (χ1v) is 8.09. The smallest absolute Gasteiger partial charge is 0.383 e. The molecule has 23 heavy (non-hydrogen) atoms. The molecule has 120 valence electrons. The summed E-state index contributed by atoms with van der Waals surface area (Å²) in [5, 5.41) is 0. The quantitative estimate of drug-likeness (QED) is 0.305. The summed E-state index contributed by atoms with van der Waals surface area (Å²) < 4.78 is 16.8. The lowest BCUT2D eigenvalue weighted by Gasteiger charge is -2.12. The highest BCUT2D eigenvalue weighted by Gasteiger charge is 2.42. The van der Waals surface area contributed by atoms with Gasteiger partial charge in [0.1, 0.15) is 6.04 Å². The number of aromatic nitrogens is 2. The largest absolute Gasteiger partial charge is 0.492 e. The highest BCUT2D eigenvalue weighted by atomic mass is 31.2. The summed E-state index contributed by atoms with van der Waals surface area (Å²) in [5.41, 5.74) is 14.6. The Kier molecular flexibility index (Phi) is 5.20. The van der Waals surface area contributed by atoms with E-state index in [1.165, 1.54) is 24.7 Å². The number of nitrogens with zero attached hydrogens (tertiary/aromatic N) is 3. The molecule has 10 heteroatoms. The van der Waals surface area contributed by atoms with E-state index in [-0.39, 0.29) is 12.0 Å². The zero-order chi connectivity index (χ0) is 16.9. The van der Waals surface area contributed by atoms with Crippen LogP contribution in [0.4, 0.5) is 0 Å². The van der Waals surface area contributed by atoms with Gasteiger partial charge in [-0.15, -0.1) is 0 Å². The van der Waals surface area contributed by atoms with E-state index in [4.69, 9.17) is 11.3 Å². The van der Waals surface area contributed by atoms with Crippen molar-refractivity contribution in [2.75, 3.05) is 0 Å². The molecule has 2 aromatic rings. The number of carbonyl (C=O) groups is 1. The van der Waals surface area contributed by atoms with Crippen LogP contribution in [0.3, 0.4) is 0 Å². The molecule has 1 aromatic heterocycles. The van der Waals surface area contributed by atoms with Gasteiger partial charge < -0.3 is 25.7 Å². The number of aromatic amines is 1. The van der Waals surface area contributed by atoms with Gasteiger partial charge in [0.25, 0.3) is 0 Å². The first kappa shape index (κ1) is 16.8. The Morgan fingerprint density at radius 2 is 2.17 bits per heavy atom. The molecule has 0 aliphatic heterocycles. The van der Waals surface area contributed by atoms with Gasteiger partial charge in [-0.25, -0.2) is 9.55 Å². The number of hydrogen-bond acceptors (Lipinski definition) is 5. The number of carbonyl (C=O) groups excluding carboxylic acids is 1. The lowest BCUT2D eigenvalue weighted by Crippen LogP contribution is -2.34. The van der Waals surface area contributed by atoms with Crippen LogP contribution in [-0.2, 0) is 20.3 Å². The summed E-state index contributed by atoms with van der Waals surface area (Å²) >= 11 is 0. The van der Waals surface area contributed by atoms with Crippen LogP contribution in [0.25, 0.3) is 5.53 Å². The van der Waals surface area contributed by atoms with Gasteiger partial charge in [0.15, 0.2) is 0 Å². The molecule has 0 radical (unpaired) electrons. The first-order valence-electron chi connectivity index (χ1n) is 6.51. The topological polar surface area (TPSA) is 155 Å². The third-order valence-electron chi connectivity index (χ3n) is 2.89. The fourth-order valence-corrected chi connectivity index (χ4v) is 2.86. The molecule has 9 nitrogen and oxygen atoms in total. The van der Waals surface area contributed by atoms with Gasteiger partial charge in [-0.05, 0) is 12.1 Å². The number of H-pyrrole nitrogens is 1. The molecule has 0 bridgehead atoms. The number of nitrogens with two attached hydrogens (primary N) is 1. The fraction of sp³-hybridized carbons (Fsp3) is 0.154. The third kappa shape index (κ3) is 4.21. The second kappa shape index (κ2) is 7.13. The van der Waals surface area contributed by atoms with Crippen LogP contribution >= 0.6 is 7.60 Å². The molecule has 2 rings (SSSR count). The maximum Gasteiger partial charge on any atom is 0.492 e. The van der Waals surface area contributed by atoms with E-state index in [9.17, 15) is 14.3 Å². The Morgan fingerprint density at radius 3 is 2.74 bits per heavy atom. The minimum absolute atomic E-state index is 0.0271. The average molecular weight is 335 g/mol. The van der Waals surface area contributed by atoms with Crippen molar-refractivity contribution in [2.24, 2.45) is 5.73 Å². The van der Waals surface area contributed by atoms with Crippen molar-refractivity contribution < 1.29 is 23.6 Å². The molecule has 0 fully saturated rings. The first-order chi connectivity index (χ1) is 10.9. The maximum absolute atomic E-state index is 12.2. The van der Waals surface area contributed by atoms with E-state index >= 15 is 0 Å². The van der Waals surface area contributed by atoms with Gasteiger partial charge in [0, 0.05) is 12.6 Å². The van der Waals surface area contributed by atoms with Crippen molar-refractivity contribution >= 4 is 19.0 Å². The second-order valence-electron chi connectivity index (χ2n) is 4.59. The fourth-order valence-electron chi connectivity index (χ4n) is 1.81. The van der Waals surface area contributed by atoms with Crippen molar-refractivity contribution in [2.45, 2.75) is 12.5 Å². The monoisotopic (exact) mass is 335 g/mol. The van der Waals surface area contributed by atoms with Gasteiger partial charge in [-0.1, -0.05) is 18.2 Å². The molecule has 1 unspecified atom stereocenters. The Balaban J connectivity index is 2.12. The van der Waals surface area contributed by atoms with Gasteiger partial charge in [0.2, 0.25) is 0 Å². The van der Waals surface area contributed by atoms with Crippen LogP contribution in [-0.4, -0.2) is 37.1 Å². The van der Waals surface area contributed by atoms with Crippen LogP contribution in [0, 0.1) is 0 Å². The van der Waals surface area contributed by atoms with Crippen LogP contribution < -0.4 is 5.73 Å². The minimum Gasteiger partial charge on any atom is -0.383 e. The van der Waals surface area contributed by atoms with Crippen LogP contribution in [0.1, 0.15) is 11.3 Å². The average Bonchev–Trinajstić information content (AvgIpc) is 3.01. The lowest BCUT2D eigenvalue weighted by atomic mass is 10.2. The normalized spacial score (nSPS) is 14.3. The van der Waals surface area contributed by atoms with Crippen molar-refractivity contribution in [3.8, 4) is 0 Å². The van der Waals surface area contributed by atoms with Crippen molar-refractivity contribution in [1.82, 2.24) is 9.97 Å². The summed E-state index contributed by atoms with van der Waals surface area (Å²) in [7, 11) is -4.68. The Bertz CT molecular complexity index is 771. The standard InChI is InChI=1S/C13H14N5O4P/c14-11(6-10-7-16-8-17-10)13(19)22-23(20,21)12(18-15)9-4-2-1-3-5-9/h1-5,7-8,11H,6,14H2,(H,16,17)(H,20,21)/t11-/m0/s1. The second-order valence-corrected chi connectivity index (χ2v) is 6.24. The van der Waals surface area contributed by atoms with Gasteiger partial charge in [-0.2, -0.15) is 4.79 Å². The molecule has 1 heterocycles. The molecule has 0 amide bonds. The highest BCUT2D eigenvalue weighted by molar-refractivity contribution is 7.72. The Labute approximate surface area is 131 Å². The summed E-state index contributed by atoms with van der Waals surface area (Å²) in [5.74, 6) is -1.10. The molecule has 0 spiro atoms. The van der Waals surface area contributed by atoms with Gasteiger partial charge in [-0.3, -0.25) is 4.79 Å². The van der Waals surface area contributed by atoms with E-state index in [1.807, 2.05) is 0 Å². The highest BCUT2D eigenvalue weighted by Crippen LogP contribution is 2.45. The molecule has 0 saturated heterocycles. The number of rotatable bonds is 6. The molecule has 2 atom stereocenters. The maximum atomic E-state index is 12.2. The van der Waals surface area contributed by atoms with Crippen molar-refractivity contribution in [3.05, 3.63) is 59.6 Å². The van der Waals surface area contributed by atoms with E-state index in [1.54, 1.807) is 18.2 Å². The number of hydrogen-bond donors (Lipinski definition) is 3. The number of benzene rings is 1. The van der Waals surface area contributed by atoms with E-state index < -0.39 is 25.1 Å². The van der Waals surface area contributed by atoms with Gasteiger partial charge in [0.05, 0.1) is 17.6 Å². The van der Waals surface area contributed by atoms with Crippen LogP contribution in [0.2, 0.25) is 0 Å². The summed E-state index contributed by atoms with van der Waals surface area (Å²) in [4.78, 5) is 31.2. The minimum atomic E-state index is -4.68. The van der Waals surface area contributed by atoms with Crippen molar-refractivity contribution in [3.63, 3.8) is 0 Å². The van der Waals surface area contributed by atoms with Crippen LogP contribution in [0.5, 0.6) is 0 Å². The predicted molar refractivity (Wildman–Crippen MR) is 80.4 cm³/mol. The Hall–Kier alpha value is -2.57. The molecule has 0 aliphatic rings. The molecule has 0 saturated carbocycles. The molecular formula is C13H14N5O4P. The van der Waals surface area contributed by atoms with E-state index in [2.05, 4.69) is 19.3 Å². The van der Waals surface area contributed by atoms with E-state index in [0.717, 1.165) is 0 Å². The SMILES string of the molecule is [N-]=[N+]=C(c1ccccc1)P(=O)(O)OC(=O)[C@@H](N)Cc1c[nH]cn1. The number of nitrogens with one attached hydrogen (secondary N) is 1. The van der Waals surface area contributed by atoms with Gasteiger partial charge >= 0.3 is 19.0 Å². The molecule has 0 aliphatic carbocycles. The lowest BCUT2D eigenvalue weighted by molar-refractivity contribution is -0.136.